The van der Waals surface area contributed by atoms with E-state index >= 15 is 0 Å². The molecule has 0 heterocycles. The minimum absolute atomic E-state index is 0.0210. The molecule has 168 valence electrons. The Bertz CT molecular complexity index is 1140. The number of hydrazone groups is 1. The Hall–Kier alpha value is -4.53. The third-order valence-corrected chi connectivity index (χ3v) is 4.49. The SMILES string of the molecule is C/C(CC(=O)Nc1ccc(OCc2ccccc2)cc1)=N\NC(=O)c1ccc([N+](=O)[O-])cc1. The minimum Gasteiger partial charge on any atom is -0.489 e. The maximum atomic E-state index is 12.2. The van der Waals surface area contributed by atoms with Crippen molar-refractivity contribution in [2.75, 3.05) is 5.32 Å². The van der Waals surface area contributed by atoms with Crippen LogP contribution in [0.4, 0.5) is 11.4 Å². The van der Waals surface area contributed by atoms with Gasteiger partial charge < -0.3 is 10.1 Å². The van der Waals surface area contributed by atoms with E-state index in [0.717, 1.165) is 5.56 Å². The van der Waals surface area contributed by atoms with Gasteiger partial charge in [0, 0.05) is 29.1 Å². The van der Waals surface area contributed by atoms with Crippen LogP contribution in [0.5, 0.6) is 5.75 Å². The molecule has 33 heavy (non-hydrogen) atoms. The molecule has 0 saturated carbocycles. The van der Waals surface area contributed by atoms with Gasteiger partial charge in [-0.25, -0.2) is 5.43 Å². The second-order valence-corrected chi connectivity index (χ2v) is 7.12. The van der Waals surface area contributed by atoms with E-state index in [-0.39, 0.29) is 23.6 Å². The molecule has 0 atom stereocenters. The number of carbonyl (C=O) groups is 2. The van der Waals surface area contributed by atoms with Crippen LogP contribution in [-0.4, -0.2) is 22.4 Å². The van der Waals surface area contributed by atoms with Crippen LogP contribution in [0.3, 0.4) is 0 Å². The van der Waals surface area contributed by atoms with Crippen molar-refractivity contribution in [3.05, 3.63) is 100 Å². The molecule has 9 nitrogen and oxygen atoms in total. The zero-order chi connectivity index (χ0) is 23.6. The van der Waals surface area contributed by atoms with Crippen LogP contribution in [0.25, 0.3) is 0 Å². The molecule has 0 spiro atoms. The Balaban J connectivity index is 1.45. The maximum absolute atomic E-state index is 12.2. The number of carbonyl (C=O) groups excluding carboxylic acids is 2. The van der Waals surface area contributed by atoms with Crippen molar-refractivity contribution in [1.29, 1.82) is 0 Å². The number of nitrogens with zero attached hydrogens (tertiary/aromatic N) is 2. The summed E-state index contributed by atoms with van der Waals surface area (Å²) in [5, 5.41) is 17.3. The van der Waals surface area contributed by atoms with Crippen LogP contribution < -0.4 is 15.5 Å². The maximum Gasteiger partial charge on any atom is 0.271 e. The number of nitrogens with one attached hydrogen (secondary N) is 2. The van der Waals surface area contributed by atoms with Crippen molar-refractivity contribution >= 4 is 28.9 Å². The van der Waals surface area contributed by atoms with Crippen molar-refractivity contribution < 1.29 is 19.2 Å². The first-order valence-electron chi connectivity index (χ1n) is 10.1. The number of rotatable bonds is 9. The third-order valence-electron chi connectivity index (χ3n) is 4.49. The van der Waals surface area contributed by atoms with Gasteiger partial charge in [0.15, 0.2) is 0 Å². The van der Waals surface area contributed by atoms with Gasteiger partial charge in [0.25, 0.3) is 11.6 Å². The molecule has 0 bridgehead atoms. The predicted molar refractivity (Wildman–Crippen MR) is 124 cm³/mol. The first-order valence-corrected chi connectivity index (χ1v) is 10.1. The zero-order valence-electron chi connectivity index (χ0n) is 17.9. The Morgan fingerprint density at radius 1 is 0.970 bits per heavy atom. The third kappa shape index (κ3) is 7.28. The fourth-order valence-corrected chi connectivity index (χ4v) is 2.80. The molecule has 3 rings (SSSR count). The van der Waals surface area contributed by atoms with E-state index in [9.17, 15) is 19.7 Å². The molecule has 0 radical (unpaired) electrons. The van der Waals surface area contributed by atoms with Gasteiger partial charge in [-0.05, 0) is 48.9 Å². The molecule has 3 aromatic carbocycles. The number of nitro benzene ring substituents is 1. The smallest absolute Gasteiger partial charge is 0.271 e. The molecular weight excluding hydrogens is 424 g/mol. The van der Waals surface area contributed by atoms with Gasteiger partial charge in [-0.15, -0.1) is 0 Å². The van der Waals surface area contributed by atoms with Gasteiger partial charge in [0.1, 0.15) is 12.4 Å². The number of hydrogen-bond acceptors (Lipinski definition) is 6. The molecule has 2 N–H and O–H groups in total. The lowest BCUT2D eigenvalue weighted by Crippen LogP contribution is -2.21. The van der Waals surface area contributed by atoms with Crippen molar-refractivity contribution in [2.45, 2.75) is 20.0 Å². The molecule has 0 aromatic heterocycles. The summed E-state index contributed by atoms with van der Waals surface area (Å²) in [4.78, 5) is 34.4. The van der Waals surface area contributed by atoms with Gasteiger partial charge in [-0.2, -0.15) is 5.10 Å². The second kappa shape index (κ2) is 11.2. The molecule has 3 aromatic rings. The molecule has 0 aliphatic heterocycles. The number of benzene rings is 3. The second-order valence-electron chi connectivity index (χ2n) is 7.12. The number of hydrogen-bond donors (Lipinski definition) is 2. The van der Waals surface area contributed by atoms with E-state index in [1.54, 1.807) is 31.2 Å². The average molecular weight is 446 g/mol. The molecule has 0 unspecified atom stereocenters. The first-order chi connectivity index (χ1) is 15.9. The zero-order valence-corrected chi connectivity index (χ0v) is 17.9. The quantitative estimate of drug-likeness (QED) is 0.288. The molecule has 0 saturated heterocycles. The summed E-state index contributed by atoms with van der Waals surface area (Å²) in [5.41, 5.74) is 4.50. The lowest BCUT2D eigenvalue weighted by molar-refractivity contribution is -0.384. The van der Waals surface area contributed by atoms with Crippen LogP contribution in [0.2, 0.25) is 0 Å². The Labute approximate surface area is 190 Å². The highest BCUT2D eigenvalue weighted by Gasteiger charge is 2.10. The number of amides is 2. The van der Waals surface area contributed by atoms with Crippen molar-refractivity contribution in [1.82, 2.24) is 5.43 Å². The largest absolute Gasteiger partial charge is 0.489 e. The first kappa shape index (κ1) is 23.1. The average Bonchev–Trinajstić information content (AvgIpc) is 2.82. The highest BCUT2D eigenvalue weighted by molar-refractivity contribution is 6.06. The molecular formula is C24H22N4O5. The lowest BCUT2D eigenvalue weighted by Gasteiger charge is -2.09. The summed E-state index contributed by atoms with van der Waals surface area (Å²) in [5.74, 6) is -0.141. The normalized spacial score (nSPS) is 10.9. The predicted octanol–water partition coefficient (Wildman–Crippen LogP) is 4.31. The Kier molecular flexibility index (Phi) is 7.85. The van der Waals surface area contributed by atoms with Crippen molar-refractivity contribution in [3.8, 4) is 5.75 Å². The van der Waals surface area contributed by atoms with E-state index in [0.29, 0.717) is 23.8 Å². The number of ether oxygens (including phenoxy) is 1. The van der Waals surface area contributed by atoms with Crippen molar-refractivity contribution in [2.24, 2.45) is 5.10 Å². The fraction of sp³-hybridized carbons (Fsp3) is 0.125. The fourth-order valence-electron chi connectivity index (χ4n) is 2.80. The topological polar surface area (TPSA) is 123 Å². The van der Waals surface area contributed by atoms with Crippen LogP contribution in [0, 0.1) is 10.1 Å². The van der Waals surface area contributed by atoms with Crippen molar-refractivity contribution in [3.63, 3.8) is 0 Å². The summed E-state index contributed by atoms with van der Waals surface area (Å²) in [6, 6.07) is 21.9. The highest BCUT2D eigenvalue weighted by Crippen LogP contribution is 2.17. The summed E-state index contributed by atoms with van der Waals surface area (Å²) >= 11 is 0. The van der Waals surface area contributed by atoms with Gasteiger partial charge in [-0.1, -0.05) is 30.3 Å². The molecule has 0 aliphatic rings. The van der Waals surface area contributed by atoms with E-state index in [4.69, 9.17) is 4.74 Å². The Morgan fingerprint density at radius 3 is 2.27 bits per heavy atom. The number of nitro groups is 1. The van der Waals surface area contributed by atoms with E-state index < -0.39 is 10.8 Å². The van der Waals surface area contributed by atoms with E-state index in [1.165, 1.54) is 24.3 Å². The lowest BCUT2D eigenvalue weighted by atomic mass is 10.2. The van der Waals surface area contributed by atoms with Gasteiger partial charge >= 0.3 is 0 Å². The van der Waals surface area contributed by atoms with Gasteiger partial charge in [0.05, 0.1) is 11.3 Å². The van der Waals surface area contributed by atoms with Crippen LogP contribution >= 0.6 is 0 Å². The van der Waals surface area contributed by atoms with Crippen LogP contribution in [0.15, 0.2) is 84.0 Å². The number of anilines is 1. The summed E-state index contributed by atoms with van der Waals surface area (Å²) in [6.45, 7) is 2.06. The van der Waals surface area contributed by atoms with Gasteiger partial charge in [0.2, 0.25) is 5.91 Å². The monoisotopic (exact) mass is 446 g/mol. The summed E-state index contributed by atoms with van der Waals surface area (Å²) in [7, 11) is 0. The number of non-ortho nitro benzene ring substituents is 1. The Morgan fingerprint density at radius 2 is 1.64 bits per heavy atom. The van der Waals surface area contributed by atoms with Crippen LogP contribution in [0.1, 0.15) is 29.3 Å². The highest BCUT2D eigenvalue weighted by atomic mass is 16.6. The van der Waals surface area contributed by atoms with E-state index in [1.807, 2.05) is 30.3 Å². The molecule has 0 aliphatic carbocycles. The minimum atomic E-state index is -0.548. The summed E-state index contributed by atoms with van der Waals surface area (Å²) in [6.07, 6.45) is -0.0210. The molecule has 2 amide bonds. The van der Waals surface area contributed by atoms with Gasteiger partial charge in [-0.3, -0.25) is 19.7 Å². The van der Waals surface area contributed by atoms with E-state index in [2.05, 4.69) is 15.8 Å². The molecule has 0 fully saturated rings. The molecule has 9 heteroatoms. The van der Waals surface area contributed by atoms with Crippen LogP contribution in [-0.2, 0) is 11.4 Å². The standard InChI is InChI=1S/C24H22N4O5/c1-17(26-27-24(30)19-7-11-21(12-8-19)28(31)32)15-23(29)25-20-9-13-22(14-10-20)33-16-18-5-3-2-4-6-18/h2-14H,15-16H2,1H3,(H,25,29)(H,27,30)/b26-17+. The summed E-state index contributed by atoms with van der Waals surface area (Å²) < 4.78 is 5.72.